The second-order valence-corrected chi connectivity index (χ2v) is 7.15. The first-order valence-corrected chi connectivity index (χ1v) is 9.28. The largest absolute Gasteiger partial charge is 0.339 e. The summed E-state index contributed by atoms with van der Waals surface area (Å²) in [5.74, 6) is -0.328. The van der Waals surface area contributed by atoms with Crippen molar-refractivity contribution in [3.05, 3.63) is 71.0 Å². The van der Waals surface area contributed by atoms with Crippen LogP contribution < -0.4 is 0 Å². The molecule has 1 unspecified atom stereocenters. The highest BCUT2D eigenvalue weighted by atomic mass is 19.1. The first-order chi connectivity index (χ1) is 13.0. The van der Waals surface area contributed by atoms with Crippen LogP contribution in [-0.4, -0.2) is 48.2 Å². The lowest BCUT2D eigenvalue weighted by atomic mass is 10.0. The Labute approximate surface area is 159 Å². The average molecular weight is 368 g/mol. The second-order valence-electron chi connectivity index (χ2n) is 7.15. The Morgan fingerprint density at radius 3 is 2.44 bits per heavy atom. The summed E-state index contributed by atoms with van der Waals surface area (Å²) in [4.78, 5) is 28.7. The maximum Gasteiger partial charge on any atom is 0.223 e. The van der Waals surface area contributed by atoms with Gasteiger partial charge in [0.2, 0.25) is 5.91 Å². The van der Waals surface area contributed by atoms with Crippen molar-refractivity contribution in [3.63, 3.8) is 0 Å². The molecule has 0 radical (unpaired) electrons. The monoisotopic (exact) mass is 368 g/mol. The van der Waals surface area contributed by atoms with Gasteiger partial charge in [0.15, 0.2) is 5.78 Å². The number of nitrogens with zero attached hydrogens (tertiary/aromatic N) is 2. The van der Waals surface area contributed by atoms with Crippen LogP contribution in [0.15, 0.2) is 48.5 Å². The number of carbonyl (C=O) groups is 2. The van der Waals surface area contributed by atoms with Crippen LogP contribution in [0, 0.1) is 12.7 Å². The van der Waals surface area contributed by atoms with E-state index < -0.39 is 0 Å². The van der Waals surface area contributed by atoms with E-state index in [1.807, 2.05) is 32.2 Å². The molecule has 1 heterocycles. The maximum atomic E-state index is 14.2. The Morgan fingerprint density at radius 1 is 1.04 bits per heavy atom. The van der Waals surface area contributed by atoms with Gasteiger partial charge in [-0.3, -0.25) is 14.5 Å². The average Bonchev–Trinajstić information content (AvgIpc) is 2.67. The van der Waals surface area contributed by atoms with Crippen LogP contribution in [0.4, 0.5) is 4.39 Å². The van der Waals surface area contributed by atoms with E-state index in [1.165, 1.54) is 6.07 Å². The van der Waals surface area contributed by atoms with Gasteiger partial charge in [-0.2, -0.15) is 0 Å². The van der Waals surface area contributed by atoms with Crippen molar-refractivity contribution in [1.82, 2.24) is 9.80 Å². The van der Waals surface area contributed by atoms with Gasteiger partial charge in [-0.25, -0.2) is 4.39 Å². The highest BCUT2D eigenvalue weighted by Crippen LogP contribution is 2.26. The maximum absolute atomic E-state index is 14.2. The van der Waals surface area contributed by atoms with Crippen LogP contribution in [0.3, 0.4) is 0 Å². The summed E-state index contributed by atoms with van der Waals surface area (Å²) < 4.78 is 14.2. The lowest BCUT2D eigenvalue weighted by Crippen LogP contribution is -2.49. The third-order valence-corrected chi connectivity index (χ3v) is 5.20. The molecule has 0 aromatic heterocycles. The fourth-order valence-corrected chi connectivity index (χ4v) is 3.44. The Kier molecular flexibility index (Phi) is 6.01. The topological polar surface area (TPSA) is 40.6 Å². The van der Waals surface area contributed by atoms with Crippen molar-refractivity contribution in [3.8, 4) is 0 Å². The van der Waals surface area contributed by atoms with Crippen LogP contribution in [0.2, 0.25) is 0 Å². The van der Waals surface area contributed by atoms with Gasteiger partial charge in [0.05, 0.1) is 6.04 Å². The molecule has 1 amide bonds. The van der Waals surface area contributed by atoms with E-state index in [1.54, 1.807) is 29.2 Å². The van der Waals surface area contributed by atoms with E-state index in [-0.39, 0.29) is 36.4 Å². The van der Waals surface area contributed by atoms with E-state index in [0.29, 0.717) is 30.8 Å². The summed E-state index contributed by atoms with van der Waals surface area (Å²) in [6.07, 6.45) is 0.374. The van der Waals surface area contributed by atoms with Crippen LogP contribution in [0.1, 0.15) is 40.4 Å². The molecule has 5 heteroatoms. The lowest BCUT2D eigenvalue weighted by Gasteiger charge is -2.39. The summed E-state index contributed by atoms with van der Waals surface area (Å²) in [6.45, 7) is 3.68. The molecule has 0 spiro atoms. The number of hydrogen-bond acceptors (Lipinski definition) is 3. The van der Waals surface area contributed by atoms with E-state index in [2.05, 4.69) is 4.90 Å². The first kappa shape index (κ1) is 19.2. The number of amides is 1. The molecular weight excluding hydrogens is 343 g/mol. The van der Waals surface area contributed by atoms with Crippen molar-refractivity contribution in [2.24, 2.45) is 0 Å². The van der Waals surface area contributed by atoms with Gasteiger partial charge in [-0.1, -0.05) is 48.0 Å². The van der Waals surface area contributed by atoms with Gasteiger partial charge >= 0.3 is 0 Å². The van der Waals surface area contributed by atoms with Crippen molar-refractivity contribution < 1.29 is 14.0 Å². The van der Waals surface area contributed by atoms with Crippen LogP contribution in [0.5, 0.6) is 0 Å². The molecule has 27 heavy (non-hydrogen) atoms. The molecule has 0 bridgehead atoms. The number of hydrogen-bond donors (Lipinski definition) is 0. The number of rotatable bonds is 5. The molecule has 2 aromatic carbocycles. The molecule has 4 nitrogen and oxygen atoms in total. The van der Waals surface area contributed by atoms with Crippen LogP contribution in [-0.2, 0) is 4.79 Å². The van der Waals surface area contributed by atoms with Crippen molar-refractivity contribution >= 4 is 11.7 Å². The molecule has 0 aliphatic carbocycles. The summed E-state index contributed by atoms with van der Waals surface area (Å²) in [5.41, 5.74) is 2.34. The minimum Gasteiger partial charge on any atom is -0.339 e. The molecule has 1 fully saturated rings. The van der Waals surface area contributed by atoms with Crippen molar-refractivity contribution in [2.45, 2.75) is 25.8 Å². The lowest BCUT2D eigenvalue weighted by molar-refractivity contribution is -0.134. The second kappa shape index (κ2) is 8.44. The van der Waals surface area contributed by atoms with Crippen LogP contribution >= 0.6 is 0 Å². The summed E-state index contributed by atoms with van der Waals surface area (Å²) in [6, 6.07) is 13.9. The van der Waals surface area contributed by atoms with Crippen LogP contribution in [0.25, 0.3) is 0 Å². The smallest absolute Gasteiger partial charge is 0.223 e. The quantitative estimate of drug-likeness (QED) is 0.757. The fourth-order valence-electron chi connectivity index (χ4n) is 3.44. The third-order valence-electron chi connectivity index (χ3n) is 5.20. The number of piperazine rings is 1. The number of ketones is 1. The molecule has 0 saturated carbocycles. The zero-order valence-electron chi connectivity index (χ0n) is 15.8. The molecule has 0 N–H and O–H groups in total. The molecule has 3 rings (SSSR count). The van der Waals surface area contributed by atoms with E-state index in [4.69, 9.17) is 0 Å². The number of halogens is 1. The number of carbonyl (C=O) groups excluding carboxylic acids is 2. The molecule has 142 valence electrons. The molecular formula is C22H25FN2O2. The Balaban J connectivity index is 1.60. The van der Waals surface area contributed by atoms with Gasteiger partial charge < -0.3 is 4.90 Å². The Morgan fingerprint density at radius 2 is 1.74 bits per heavy atom. The molecule has 2 aromatic rings. The summed E-state index contributed by atoms with van der Waals surface area (Å²) in [7, 11) is 1.94. The number of benzene rings is 2. The van der Waals surface area contributed by atoms with Gasteiger partial charge in [0.1, 0.15) is 5.82 Å². The Hall–Kier alpha value is -2.53. The molecule has 1 saturated heterocycles. The normalized spacial score (nSPS) is 17.7. The van der Waals surface area contributed by atoms with Gasteiger partial charge in [-0.05, 0) is 20.0 Å². The van der Waals surface area contributed by atoms with E-state index in [9.17, 15) is 14.0 Å². The Bertz CT molecular complexity index is 819. The zero-order valence-corrected chi connectivity index (χ0v) is 15.8. The predicted octanol–water partition coefficient (Wildman–Crippen LogP) is 3.61. The summed E-state index contributed by atoms with van der Waals surface area (Å²) in [5, 5.41) is 0. The molecule has 1 aliphatic rings. The minimum atomic E-state index is -0.252. The highest BCUT2D eigenvalue weighted by Gasteiger charge is 2.29. The van der Waals surface area contributed by atoms with Gasteiger partial charge in [0.25, 0.3) is 0 Å². The molecule has 1 atom stereocenters. The van der Waals surface area contributed by atoms with Gasteiger partial charge in [-0.15, -0.1) is 0 Å². The highest BCUT2D eigenvalue weighted by molar-refractivity contribution is 5.98. The SMILES string of the molecule is Cc1ccc(C(=O)CCC(=O)N2CCN(C)C(c3ccccc3F)C2)cc1. The van der Waals surface area contributed by atoms with Crippen molar-refractivity contribution in [1.29, 1.82) is 0 Å². The third kappa shape index (κ3) is 4.61. The minimum absolute atomic E-state index is 0.0249. The predicted molar refractivity (Wildman–Crippen MR) is 103 cm³/mol. The standard InChI is InChI=1S/C22H25FN2O2/c1-16-7-9-17(10-8-16)21(26)11-12-22(27)25-14-13-24(2)20(15-25)18-5-3-4-6-19(18)23/h3-10,20H,11-15H2,1-2H3. The number of likely N-dealkylation sites (N-methyl/N-ethyl adjacent to an activating group) is 1. The number of Topliss-reactive ketones (excluding diaryl/α,β-unsaturated/α-hetero) is 1. The van der Waals surface area contributed by atoms with Gasteiger partial charge in [0, 0.05) is 43.6 Å². The van der Waals surface area contributed by atoms with Crippen molar-refractivity contribution in [2.75, 3.05) is 26.7 Å². The first-order valence-electron chi connectivity index (χ1n) is 9.28. The van der Waals surface area contributed by atoms with E-state index in [0.717, 1.165) is 5.56 Å². The fraction of sp³-hybridized carbons (Fsp3) is 0.364. The molecule has 1 aliphatic heterocycles. The number of aryl methyl sites for hydroxylation is 1. The summed E-state index contributed by atoms with van der Waals surface area (Å²) >= 11 is 0. The zero-order chi connectivity index (χ0) is 19.4. The van der Waals surface area contributed by atoms with E-state index >= 15 is 0 Å².